The number of hydrogen-bond donors (Lipinski definition) is 1. The van der Waals surface area contributed by atoms with Gasteiger partial charge in [-0.3, -0.25) is 4.68 Å². The minimum atomic E-state index is 0.229. The molecule has 0 spiro atoms. The number of fused-ring (bicyclic) bond motifs is 1. The average molecular weight is 339 g/mol. The van der Waals surface area contributed by atoms with E-state index in [0.717, 1.165) is 17.6 Å². The van der Waals surface area contributed by atoms with E-state index in [1.165, 1.54) is 0 Å². The van der Waals surface area contributed by atoms with Gasteiger partial charge < -0.3 is 9.88 Å². The van der Waals surface area contributed by atoms with E-state index in [0.29, 0.717) is 21.8 Å². The number of anilines is 2. The van der Waals surface area contributed by atoms with Gasteiger partial charge in [0.1, 0.15) is 5.65 Å². The van der Waals surface area contributed by atoms with Gasteiger partial charge in [-0.15, -0.1) is 0 Å². The fourth-order valence-electron chi connectivity index (χ4n) is 2.17. The summed E-state index contributed by atoms with van der Waals surface area (Å²) in [5.41, 5.74) is 1.47. The molecule has 0 aliphatic heterocycles. The first-order chi connectivity index (χ1) is 10.5. The fourth-order valence-corrected chi connectivity index (χ4v) is 2.60. The highest BCUT2D eigenvalue weighted by atomic mass is 35.5. The van der Waals surface area contributed by atoms with E-state index in [2.05, 4.69) is 20.4 Å². The molecule has 0 fully saturated rings. The molecule has 22 heavy (non-hydrogen) atoms. The normalized spacial score (nSPS) is 11.5. The van der Waals surface area contributed by atoms with Gasteiger partial charge in [0.05, 0.1) is 22.3 Å². The predicted molar refractivity (Wildman–Crippen MR) is 89.1 cm³/mol. The zero-order valence-electron chi connectivity index (χ0n) is 12.5. The van der Waals surface area contributed by atoms with Gasteiger partial charge in [-0.2, -0.15) is 10.1 Å². The van der Waals surface area contributed by atoms with Gasteiger partial charge in [0.15, 0.2) is 5.15 Å². The molecule has 6 nitrogen and oxygen atoms in total. The molecule has 8 heteroatoms. The monoisotopic (exact) mass is 338 g/mol. The summed E-state index contributed by atoms with van der Waals surface area (Å²) in [5, 5.41) is 9.22. The Balaban J connectivity index is 1.97. The van der Waals surface area contributed by atoms with Crippen molar-refractivity contribution in [1.29, 1.82) is 0 Å². The molecule has 0 aromatic carbocycles. The summed E-state index contributed by atoms with van der Waals surface area (Å²) < 4.78 is 3.76. The zero-order valence-corrected chi connectivity index (χ0v) is 14.0. The lowest BCUT2D eigenvalue weighted by molar-refractivity contribution is 0.533. The lowest BCUT2D eigenvalue weighted by Crippen LogP contribution is -2.01. The van der Waals surface area contributed by atoms with Gasteiger partial charge >= 0.3 is 0 Å². The lowest BCUT2D eigenvalue weighted by Gasteiger charge is -2.05. The van der Waals surface area contributed by atoms with Crippen molar-refractivity contribution in [2.75, 3.05) is 5.32 Å². The average Bonchev–Trinajstić information content (AvgIpc) is 3.00. The van der Waals surface area contributed by atoms with Crippen LogP contribution in [-0.2, 0) is 6.54 Å². The van der Waals surface area contributed by atoms with Crippen LogP contribution < -0.4 is 5.32 Å². The van der Waals surface area contributed by atoms with Gasteiger partial charge in [0, 0.05) is 25.0 Å². The van der Waals surface area contributed by atoms with Gasteiger partial charge in [0.25, 0.3) is 0 Å². The SMILES string of the molecule is CCn1cc(Cl)c2cnc(Nc3cn(C(C)C)nc3Cl)nc21. The van der Waals surface area contributed by atoms with Crippen LogP contribution >= 0.6 is 23.2 Å². The van der Waals surface area contributed by atoms with Crippen LogP contribution in [0.25, 0.3) is 11.0 Å². The Morgan fingerprint density at radius 2 is 2.05 bits per heavy atom. The van der Waals surface area contributed by atoms with Gasteiger partial charge in [0.2, 0.25) is 5.95 Å². The third kappa shape index (κ3) is 2.64. The lowest BCUT2D eigenvalue weighted by atomic mass is 10.4. The van der Waals surface area contributed by atoms with Crippen LogP contribution in [0.2, 0.25) is 10.2 Å². The Labute approximate surface area is 138 Å². The summed E-state index contributed by atoms with van der Waals surface area (Å²) in [6, 6.07) is 0.229. The van der Waals surface area contributed by atoms with Crippen LogP contribution in [0, 0.1) is 0 Å². The Kier molecular flexibility index (Phi) is 3.97. The topological polar surface area (TPSA) is 60.6 Å². The van der Waals surface area contributed by atoms with Crippen molar-refractivity contribution in [3.8, 4) is 0 Å². The van der Waals surface area contributed by atoms with Gasteiger partial charge in [-0.05, 0) is 20.8 Å². The molecule has 0 bridgehead atoms. The maximum absolute atomic E-state index is 6.18. The number of aryl methyl sites for hydroxylation is 1. The molecule has 3 rings (SSSR count). The van der Waals surface area contributed by atoms with E-state index in [-0.39, 0.29) is 6.04 Å². The molecule has 3 heterocycles. The summed E-state index contributed by atoms with van der Waals surface area (Å²) in [4.78, 5) is 8.81. The van der Waals surface area contributed by atoms with Gasteiger partial charge in [-0.1, -0.05) is 23.2 Å². The molecule has 0 aliphatic carbocycles. The summed E-state index contributed by atoms with van der Waals surface area (Å²) in [7, 11) is 0. The maximum Gasteiger partial charge on any atom is 0.229 e. The predicted octanol–water partition coefficient (Wildman–Crippen LogP) is 4.28. The Morgan fingerprint density at radius 3 is 2.68 bits per heavy atom. The van der Waals surface area contributed by atoms with Crippen LogP contribution in [-0.4, -0.2) is 24.3 Å². The summed E-state index contributed by atoms with van der Waals surface area (Å²) in [6.45, 7) is 6.89. The number of rotatable bonds is 4. The van der Waals surface area contributed by atoms with Crippen LogP contribution in [0.5, 0.6) is 0 Å². The van der Waals surface area contributed by atoms with Gasteiger partial charge in [-0.25, -0.2) is 4.98 Å². The van der Waals surface area contributed by atoms with Crippen LogP contribution in [0.4, 0.5) is 11.6 Å². The van der Waals surface area contributed by atoms with Crippen molar-refractivity contribution in [2.45, 2.75) is 33.4 Å². The fraction of sp³-hybridized carbons (Fsp3) is 0.357. The number of hydrogen-bond acceptors (Lipinski definition) is 4. The Morgan fingerprint density at radius 1 is 1.27 bits per heavy atom. The van der Waals surface area contributed by atoms with E-state index in [9.17, 15) is 0 Å². The Hall–Kier alpha value is -1.79. The molecule has 3 aromatic heterocycles. The second-order valence-corrected chi connectivity index (χ2v) is 5.99. The Bertz CT molecular complexity index is 820. The summed E-state index contributed by atoms with van der Waals surface area (Å²) in [6.07, 6.45) is 5.40. The van der Waals surface area contributed by atoms with Crippen LogP contribution in [0.3, 0.4) is 0 Å². The number of halogens is 2. The molecule has 0 atom stereocenters. The highest BCUT2D eigenvalue weighted by Crippen LogP contribution is 2.27. The van der Waals surface area contributed by atoms with E-state index < -0.39 is 0 Å². The molecule has 0 aliphatic rings. The van der Waals surface area contributed by atoms with E-state index >= 15 is 0 Å². The molecule has 1 N–H and O–H groups in total. The highest BCUT2D eigenvalue weighted by Gasteiger charge is 2.13. The van der Waals surface area contributed by atoms with E-state index in [1.807, 2.05) is 37.7 Å². The van der Waals surface area contributed by atoms with Crippen molar-refractivity contribution in [3.63, 3.8) is 0 Å². The molecule has 0 saturated heterocycles. The summed E-state index contributed by atoms with van der Waals surface area (Å²) in [5.74, 6) is 0.460. The molecule has 116 valence electrons. The van der Waals surface area contributed by atoms with E-state index in [4.69, 9.17) is 23.2 Å². The second-order valence-electron chi connectivity index (χ2n) is 5.23. The first-order valence-corrected chi connectivity index (χ1v) is 7.78. The second kappa shape index (κ2) is 5.78. The minimum Gasteiger partial charge on any atom is -0.331 e. The van der Waals surface area contributed by atoms with Crippen LogP contribution in [0.1, 0.15) is 26.8 Å². The largest absolute Gasteiger partial charge is 0.331 e. The summed E-state index contributed by atoms with van der Waals surface area (Å²) >= 11 is 12.3. The minimum absolute atomic E-state index is 0.229. The molecular formula is C14H16Cl2N6. The van der Waals surface area contributed by atoms with Crippen molar-refractivity contribution in [1.82, 2.24) is 24.3 Å². The number of nitrogens with zero attached hydrogens (tertiary/aromatic N) is 5. The highest BCUT2D eigenvalue weighted by molar-refractivity contribution is 6.35. The van der Waals surface area contributed by atoms with E-state index in [1.54, 1.807) is 10.9 Å². The zero-order chi connectivity index (χ0) is 15.9. The standard InChI is InChI=1S/C14H16Cl2N6/c1-4-21-6-10(15)9-5-17-14(19-13(9)21)18-11-7-22(8(2)3)20-12(11)16/h5-8H,4H2,1-3H3,(H,17,18,19). The third-order valence-corrected chi connectivity index (χ3v) is 3.95. The number of nitrogens with one attached hydrogen (secondary N) is 1. The smallest absolute Gasteiger partial charge is 0.229 e. The van der Waals surface area contributed by atoms with Crippen molar-refractivity contribution >= 4 is 45.9 Å². The quantitative estimate of drug-likeness (QED) is 0.771. The molecule has 0 amide bonds. The molecule has 0 unspecified atom stereocenters. The maximum atomic E-state index is 6.18. The molecule has 3 aromatic rings. The molecular weight excluding hydrogens is 323 g/mol. The molecule has 0 saturated carbocycles. The first-order valence-electron chi connectivity index (χ1n) is 7.02. The first kappa shape index (κ1) is 15.1. The third-order valence-electron chi connectivity index (χ3n) is 3.37. The van der Waals surface area contributed by atoms with Crippen molar-refractivity contribution in [3.05, 3.63) is 28.8 Å². The van der Waals surface area contributed by atoms with Crippen LogP contribution in [0.15, 0.2) is 18.6 Å². The van der Waals surface area contributed by atoms with Crippen molar-refractivity contribution in [2.24, 2.45) is 0 Å². The molecule has 0 radical (unpaired) electrons. The number of aromatic nitrogens is 5. The van der Waals surface area contributed by atoms with Crippen molar-refractivity contribution < 1.29 is 0 Å².